The number of aryl methyl sites for hydroxylation is 2. The highest BCUT2D eigenvalue weighted by Crippen LogP contribution is 2.23. The first-order valence-corrected chi connectivity index (χ1v) is 18.4. The lowest BCUT2D eigenvalue weighted by molar-refractivity contribution is -0.122. The molecule has 0 heterocycles. The van der Waals surface area contributed by atoms with Crippen LogP contribution in [0.5, 0.6) is 0 Å². The Labute approximate surface area is 290 Å². The molecule has 0 aliphatic heterocycles. The zero-order valence-corrected chi connectivity index (χ0v) is 28.9. The van der Waals surface area contributed by atoms with Crippen molar-refractivity contribution in [2.75, 3.05) is 24.6 Å². The molecule has 2 atom stereocenters. The van der Waals surface area contributed by atoms with Gasteiger partial charge in [-0.1, -0.05) is 118 Å². The number of hydrogen-bond donors (Lipinski definition) is 4. The van der Waals surface area contributed by atoms with E-state index in [0.29, 0.717) is 35.6 Å². The van der Waals surface area contributed by atoms with Crippen LogP contribution in [0.2, 0.25) is 0 Å². The maximum atomic E-state index is 13.1. The number of carbonyl (C=O) groups is 4. The average molecular weight is 683 g/mol. The van der Waals surface area contributed by atoms with Crippen molar-refractivity contribution in [3.05, 3.63) is 143 Å². The average Bonchev–Trinajstić information content (AvgIpc) is 3.10. The molecule has 0 radical (unpaired) electrons. The molecule has 10 heteroatoms. The molecule has 250 valence electrons. The highest BCUT2D eigenvalue weighted by molar-refractivity contribution is 8.76. The van der Waals surface area contributed by atoms with Gasteiger partial charge in [-0.2, -0.15) is 0 Å². The van der Waals surface area contributed by atoms with E-state index in [4.69, 9.17) is 0 Å². The first kappa shape index (κ1) is 36.3. The number of carbonyl (C=O) groups excluding carboxylic acids is 4. The van der Waals surface area contributed by atoms with Crippen LogP contribution in [0.1, 0.15) is 55.4 Å². The fourth-order valence-electron chi connectivity index (χ4n) is 4.73. The second-order valence-corrected chi connectivity index (χ2v) is 14.0. The number of benzene rings is 4. The SMILES string of the molecule is Cc1ccc(C(=O)NC(CSSCCC(=O)NCC(NC(=O)c2ccc(C)cc2)c2ccccc2)C(=O)NCCc2ccccc2)cc1. The van der Waals surface area contributed by atoms with Gasteiger partial charge >= 0.3 is 0 Å². The van der Waals surface area contributed by atoms with Crippen LogP contribution in [-0.4, -0.2) is 54.3 Å². The summed E-state index contributed by atoms with van der Waals surface area (Å²) in [6.45, 7) is 4.61. The van der Waals surface area contributed by atoms with E-state index in [9.17, 15) is 19.2 Å². The predicted molar refractivity (Wildman–Crippen MR) is 196 cm³/mol. The first-order chi connectivity index (χ1) is 23.3. The van der Waals surface area contributed by atoms with Crippen molar-refractivity contribution in [2.45, 2.75) is 38.8 Å². The van der Waals surface area contributed by atoms with Gasteiger partial charge < -0.3 is 21.3 Å². The Morgan fingerprint density at radius 1 is 0.646 bits per heavy atom. The predicted octanol–water partition coefficient (Wildman–Crippen LogP) is 5.82. The molecule has 0 aliphatic carbocycles. The number of amides is 4. The van der Waals surface area contributed by atoms with Crippen molar-refractivity contribution in [3.63, 3.8) is 0 Å². The van der Waals surface area contributed by atoms with Crippen LogP contribution in [-0.2, 0) is 16.0 Å². The molecule has 48 heavy (non-hydrogen) atoms. The zero-order chi connectivity index (χ0) is 34.1. The summed E-state index contributed by atoms with van der Waals surface area (Å²) in [5, 5.41) is 11.8. The second kappa shape index (κ2) is 19.3. The van der Waals surface area contributed by atoms with Gasteiger partial charge in [0.25, 0.3) is 11.8 Å². The van der Waals surface area contributed by atoms with Crippen molar-refractivity contribution >= 4 is 45.2 Å². The van der Waals surface area contributed by atoms with Crippen LogP contribution in [0.4, 0.5) is 0 Å². The topological polar surface area (TPSA) is 116 Å². The maximum absolute atomic E-state index is 13.1. The van der Waals surface area contributed by atoms with Gasteiger partial charge in [-0.25, -0.2) is 0 Å². The Balaban J connectivity index is 1.25. The Morgan fingerprint density at radius 2 is 1.21 bits per heavy atom. The van der Waals surface area contributed by atoms with Gasteiger partial charge in [0.2, 0.25) is 11.8 Å². The molecule has 2 unspecified atom stereocenters. The van der Waals surface area contributed by atoms with E-state index in [2.05, 4.69) is 21.3 Å². The van der Waals surface area contributed by atoms with E-state index in [1.165, 1.54) is 21.6 Å². The van der Waals surface area contributed by atoms with Gasteiger partial charge in [-0.05, 0) is 55.7 Å². The highest BCUT2D eigenvalue weighted by atomic mass is 33.1. The van der Waals surface area contributed by atoms with E-state index in [1.54, 1.807) is 24.3 Å². The van der Waals surface area contributed by atoms with Gasteiger partial charge in [0.15, 0.2) is 0 Å². The Morgan fingerprint density at radius 3 is 1.81 bits per heavy atom. The van der Waals surface area contributed by atoms with E-state index < -0.39 is 12.1 Å². The van der Waals surface area contributed by atoms with Crippen LogP contribution in [0.25, 0.3) is 0 Å². The van der Waals surface area contributed by atoms with Gasteiger partial charge in [0.1, 0.15) is 6.04 Å². The van der Waals surface area contributed by atoms with E-state index in [-0.39, 0.29) is 36.6 Å². The van der Waals surface area contributed by atoms with Crippen molar-refractivity contribution in [3.8, 4) is 0 Å². The number of hydrogen-bond acceptors (Lipinski definition) is 6. The van der Waals surface area contributed by atoms with Crippen LogP contribution < -0.4 is 21.3 Å². The molecule has 4 aromatic carbocycles. The minimum absolute atomic E-state index is 0.142. The normalized spacial score (nSPS) is 12.0. The van der Waals surface area contributed by atoms with E-state index in [0.717, 1.165) is 22.3 Å². The highest BCUT2D eigenvalue weighted by Gasteiger charge is 2.22. The van der Waals surface area contributed by atoms with Crippen LogP contribution >= 0.6 is 21.6 Å². The van der Waals surface area contributed by atoms with Gasteiger partial charge in [0.05, 0.1) is 6.04 Å². The molecule has 0 saturated carbocycles. The number of nitrogens with one attached hydrogen (secondary N) is 4. The first-order valence-electron chi connectivity index (χ1n) is 15.9. The largest absolute Gasteiger partial charge is 0.354 e. The Bertz CT molecular complexity index is 1620. The quantitative estimate of drug-likeness (QED) is 0.0825. The van der Waals surface area contributed by atoms with Crippen molar-refractivity contribution in [1.29, 1.82) is 0 Å². The third-order valence-electron chi connectivity index (χ3n) is 7.55. The summed E-state index contributed by atoms with van der Waals surface area (Å²) in [6.07, 6.45) is 0.942. The van der Waals surface area contributed by atoms with E-state index >= 15 is 0 Å². The molecule has 4 N–H and O–H groups in total. The molecule has 4 rings (SSSR count). The fourth-order valence-corrected chi connectivity index (χ4v) is 6.88. The third-order valence-corrected chi connectivity index (χ3v) is 9.96. The summed E-state index contributed by atoms with van der Waals surface area (Å²) >= 11 is 0. The van der Waals surface area contributed by atoms with Gasteiger partial charge in [-0.3, -0.25) is 19.2 Å². The van der Waals surface area contributed by atoms with E-state index in [1.807, 2.05) is 98.8 Å². The Hall–Kier alpha value is -4.54. The van der Waals surface area contributed by atoms with Crippen LogP contribution in [0.3, 0.4) is 0 Å². The second-order valence-electron chi connectivity index (χ2n) is 11.4. The zero-order valence-electron chi connectivity index (χ0n) is 27.2. The summed E-state index contributed by atoms with van der Waals surface area (Å²) in [6, 6.07) is 32.8. The third kappa shape index (κ3) is 12.2. The molecule has 4 amide bonds. The lowest BCUT2D eigenvalue weighted by Gasteiger charge is -2.20. The summed E-state index contributed by atoms with van der Waals surface area (Å²) in [5.41, 5.74) is 5.16. The lowest BCUT2D eigenvalue weighted by Crippen LogP contribution is -2.48. The molecule has 0 spiro atoms. The minimum Gasteiger partial charge on any atom is -0.354 e. The minimum atomic E-state index is -0.746. The van der Waals surface area contributed by atoms with Crippen LogP contribution in [0.15, 0.2) is 109 Å². The molecule has 8 nitrogen and oxygen atoms in total. The Kier molecular flexibility index (Phi) is 14.6. The number of rotatable bonds is 17. The summed E-state index contributed by atoms with van der Waals surface area (Å²) in [4.78, 5) is 51.8. The molecule has 0 aromatic heterocycles. The maximum Gasteiger partial charge on any atom is 0.251 e. The van der Waals surface area contributed by atoms with Crippen molar-refractivity contribution in [1.82, 2.24) is 21.3 Å². The fraction of sp³-hybridized carbons (Fsp3) is 0.263. The molecular weight excluding hydrogens is 641 g/mol. The molecule has 4 aromatic rings. The lowest BCUT2D eigenvalue weighted by atomic mass is 10.1. The van der Waals surface area contributed by atoms with Crippen molar-refractivity contribution < 1.29 is 19.2 Å². The monoisotopic (exact) mass is 682 g/mol. The van der Waals surface area contributed by atoms with Crippen molar-refractivity contribution in [2.24, 2.45) is 0 Å². The standard InChI is InChI=1S/C38H42N4O4S2/c1-27-13-17-31(18-14-27)36(44)41-33(30-11-7-4-8-12-30)25-40-35(43)22-24-47-48-26-34(42-37(45)32-19-15-28(2)16-20-32)38(46)39-23-21-29-9-5-3-6-10-29/h3-20,33-34H,21-26H2,1-2H3,(H,39,46)(H,40,43)(H,41,44)(H,42,45). The molecular formula is C38H42N4O4S2. The molecule has 0 fully saturated rings. The summed E-state index contributed by atoms with van der Waals surface area (Å²) < 4.78 is 0. The van der Waals surface area contributed by atoms with Gasteiger partial charge in [0, 0.05) is 42.1 Å². The smallest absolute Gasteiger partial charge is 0.251 e. The molecule has 0 saturated heterocycles. The summed E-state index contributed by atoms with van der Waals surface area (Å²) in [7, 11) is 2.90. The van der Waals surface area contributed by atoms with Gasteiger partial charge in [-0.15, -0.1) is 0 Å². The molecule has 0 bridgehead atoms. The van der Waals surface area contributed by atoms with Crippen LogP contribution in [0, 0.1) is 13.8 Å². The summed E-state index contributed by atoms with van der Waals surface area (Å²) in [5.74, 6) is -0.0734. The molecule has 0 aliphatic rings.